The molecule has 0 fully saturated rings. The monoisotopic (exact) mass is 419 g/mol. The Hall–Kier alpha value is -2.77. The third-order valence-corrected chi connectivity index (χ3v) is 4.78. The average Bonchev–Trinajstić information content (AvgIpc) is 2.63. The number of carbonyl (C=O) groups is 3. The van der Waals surface area contributed by atoms with Crippen LogP contribution < -0.4 is 10.1 Å². The summed E-state index contributed by atoms with van der Waals surface area (Å²) in [6.45, 7) is 9.70. The van der Waals surface area contributed by atoms with Gasteiger partial charge in [-0.2, -0.15) is 0 Å². The summed E-state index contributed by atoms with van der Waals surface area (Å²) in [6, 6.07) is 5.26. The SMILES string of the molecule is CC(=O)Nc1ccc2c(c1)CC(=O)N(C)C[C@H](C)[C@@H](CN(C)C(=O)OC(C)(C)C)O2. The topological polar surface area (TPSA) is 88.2 Å². The molecule has 2 atom stereocenters. The van der Waals surface area contributed by atoms with Crippen molar-refractivity contribution in [1.29, 1.82) is 0 Å². The molecule has 8 heteroatoms. The van der Waals surface area contributed by atoms with Crippen molar-refractivity contribution < 1.29 is 23.9 Å². The molecule has 1 aliphatic heterocycles. The van der Waals surface area contributed by atoms with Crippen LogP contribution in [0, 0.1) is 5.92 Å². The van der Waals surface area contributed by atoms with Crippen LogP contribution in [-0.2, 0) is 20.7 Å². The number of nitrogens with zero attached hydrogens (tertiary/aromatic N) is 2. The van der Waals surface area contributed by atoms with E-state index in [-0.39, 0.29) is 30.3 Å². The van der Waals surface area contributed by atoms with Gasteiger partial charge in [0, 0.05) is 44.7 Å². The lowest BCUT2D eigenvalue weighted by atomic mass is 10.0. The first-order valence-electron chi connectivity index (χ1n) is 10.1. The van der Waals surface area contributed by atoms with E-state index < -0.39 is 11.7 Å². The summed E-state index contributed by atoms with van der Waals surface area (Å²) in [5, 5.41) is 2.73. The third-order valence-electron chi connectivity index (χ3n) is 4.78. The van der Waals surface area contributed by atoms with Gasteiger partial charge >= 0.3 is 6.09 Å². The Morgan fingerprint density at radius 3 is 2.60 bits per heavy atom. The van der Waals surface area contributed by atoms with E-state index in [4.69, 9.17) is 9.47 Å². The van der Waals surface area contributed by atoms with Gasteiger partial charge in [-0.1, -0.05) is 6.92 Å². The first-order valence-corrected chi connectivity index (χ1v) is 10.1. The Morgan fingerprint density at radius 2 is 2.00 bits per heavy atom. The van der Waals surface area contributed by atoms with Crippen LogP contribution in [0.2, 0.25) is 0 Å². The van der Waals surface area contributed by atoms with Crippen molar-refractivity contribution in [3.63, 3.8) is 0 Å². The number of ether oxygens (including phenoxy) is 2. The predicted octanol–water partition coefficient (Wildman–Crippen LogP) is 2.91. The van der Waals surface area contributed by atoms with Gasteiger partial charge in [0.25, 0.3) is 0 Å². The minimum atomic E-state index is -0.588. The molecule has 0 aliphatic carbocycles. The zero-order valence-corrected chi connectivity index (χ0v) is 18.9. The average molecular weight is 420 g/mol. The summed E-state index contributed by atoms with van der Waals surface area (Å²) < 4.78 is 11.7. The number of amides is 3. The lowest BCUT2D eigenvalue weighted by molar-refractivity contribution is -0.129. The van der Waals surface area contributed by atoms with Crippen molar-refractivity contribution in [2.45, 2.75) is 52.7 Å². The van der Waals surface area contributed by atoms with Gasteiger partial charge < -0.3 is 24.6 Å². The standard InChI is InChI=1S/C22H33N3O5/c1-14-12-24(6)20(27)11-16-10-17(23-15(2)26)8-9-18(16)29-19(14)13-25(7)21(28)30-22(3,4)5/h8-10,14,19H,11-13H2,1-7H3,(H,23,26)/t14-,19+/m0/s1. The number of benzene rings is 1. The van der Waals surface area contributed by atoms with Crippen LogP contribution in [0.4, 0.5) is 10.5 Å². The highest BCUT2D eigenvalue weighted by molar-refractivity contribution is 5.89. The largest absolute Gasteiger partial charge is 0.488 e. The highest BCUT2D eigenvalue weighted by atomic mass is 16.6. The quantitative estimate of drug-likeness (QED) is 0.814. The predicted molar refractivity (Wildman–Crippen MR) is 115 cm³/mol. The Labute approximate surface area is 178 Å². The molecule has 1 aromatic carbocycles. The second-order valence-electron chi connectivity index (χ2n) is 8.95. The molecule has 0 saturated carbocycles. The second kappa shape index (κ2) is 9.36. The lowest BCUT2D eigenvalue weighted by Crippen LogP contribution is -2.45. The molecule has 1 N–H and O–H groups in total. The van der Waals surface area contributed by atoms with E-state index in [1.165, 1.54) is 11.8 Å². The van der Waals surface area contributed by atoms with E-state index in [1.807, 2.05) is 27.7 Å². The Balaban J connectivity index is 2.29. The number of hydrogen-bond donors (Lipinski definition) is 1. The molecule has 8 nitrogen and oxygen atoms in total. The summed E-state index contributed by atoms with van der Waals surface area (Å²) in [7, 11) is 3.43. The van der Waals surface area contributed by atoms with E-state index in [0.29, 0.717) is 30.1 Å². The molecule has 3 amide bonds. The minimum Gasteiger partial charge on any atom is -0.488 e. The van der Waals surface area contributed by atoms with Gasteiger partial charge in [-0.25, -0.2) is 4.79 Å². The van der Waals surface area contributed by atoms with Crippen LogP contribution in [0.1, 0.15) is 40.2 Å². The van der Waals surface area contributed by atoms with Crippen LogP contribution in [0.25, 0.3) is 0 Å². The molecular weight excluding hydrogens is 386 g/mol. The number of carbonyl (C=O) groups excluding carboxylic acids is 3. The summed E-state index contributed by atoms with van der Waals surface area (Å²) in [4.78, 5) is 39.6. The Kier molecular flexibility index (Phi) is 7.34. The number of hydrogen-bond acceptors (Lipinski definition) is 5. The minimum absolute atomic E-state index is 0.0233. The first-order chi connectivity index (χ1) is 13.9. The van der Waals surface area contributed by atoms with Crippen molar-refractivity contribution in [2.24, 2.45) is 5.92 Å². The van der Waals surface area contributed by atoms with Gasteiger partial charge in [-0.15, -0.1) is 0 Å². The number of nitrogens with one attached hydrogen (secondary N) is 1. The zero-order chi connectivity index (χ0) is 22.6. The third kappa shape index (κ3) is 6.64. The summed E-state index contributed by atoms with van der Waals surface area (Å²) in [5.74, 6) is 0.327. The molecule has 1 aliphatic rings. The number of anilines is 1. The fourth-order valence-electron chi connectivity index (χ4n) is 3.24. The smallest absolute Gasteiger partial charge is 0.410 e. The maximum Gasteiger partial charge on any atom is 0.410 e. The van der Waals surface area contributed by atoms with Crippen molar-refractivity contribution in [1.82, 2.24) is 9.80 Å². The van der Waals surface area contributed by atoms with Gasteiger partial charge in [0.15, 0.2) is 0 Å². The Morgan fingerprint density at radius 1 is 1.33 bits per heavy atom. The van der Waals surface area contributed by atoms with E-state index in [2.05, 4.69) is 5.32 Å². The van der Waals surface area contributed by atoms with Crippen LogP contribution >= 0.6 is 0 Å². The summed E-state index contributed by atoms with van der Waals surface area (Å²) in [5.41, 5.74) is 0.711. The molecule has 1 heterocycles. The fourth-order valence-corrected chi connectivity index (χ4v) is 3.24. The van der Waals surface area contributed by atoms with Gasteiger partial charge in [0.05, 0.1) is 13.0 Å². The van der Waals surface area contributed by atoms with E-state index in [0.717, 1.165) is 0 Å². The van der Waals surface area contributed by atoms with Crippen LogP contribution in [-0.4, -0.2) is 66.6 Å². The first kappa shape index (κ1) is 23.5. The highest BCUT2D eigenvalue weighted by Crippen LogP contribution is 2.28. The molecule has 2 rings (SSSR count). The van der Waals surface area contributed by atoms with E-state index in [9.17, 15) is 14.4 Å². The van der Waals surface area contributed by atoms with Crippen LogP contribution in [0.5, 0.6) is 5.75 Å². The molecule has 0 spiro atoms. The van der Waals surface area contributed by atoms with Crippen molar-refractivity contribution in [3.05, 3.63) is 23.8 Å². The van der Waals surface area contributed by atoms with Crippen LogP contribution in [0.15, 0.2) is 18.2 Å². The molecule has 1 aromatic rings. The van der Waals surface area contributed by atoms with E-state index in [1.54, 1.807) is 37.2 Å². The summed E-state index contributed by atoms with van der Waals surface area (Å²) in [6.07, 6.45) is -0.606. The van der Waals surface area contributed by atoms with Crippen molar-refractivity contribution >= 4 is 23.6 Å². The molecule has 0 bridgehead atoms. The van der Waals surface area contributed by atoms with Gasteiger partial charge in [-0.3, -0.25) is 9.59 Å². The number of likely N-dealkylation sites (N-methyl/N-ethyl adjacent to an activating group) is 2. The van der Waals surface area contributed by atoms with Crippen molar-refractivity contribution in [3.8, 4) is 5.75 Å². The lowest BCUT2D eigenvalue weighted by Gasteiger charge is -2.31. The normalized spacial score (nSPS) is 19.6. The van der Waals surface area contributed by atoms with Crippen LogP contribution in [0.3, 0.4) is 0 Å². The highest BCUT2D eigenvalue weighted by Gasteiger charge is 2.30. The summed E-state index contributed by atoms with van der Waals surface area (Å²) >= 11 is 0. The number of rotatable bonds is 3. The van der Waals surface area contributed by atoms with E-state index >= 15 is 0 Å². The molecule has 0 aromatic heterocycles. The zero-order valence-electron chi connectivity index (χ0n) is 18.9. The fraction of sp³-hybridized carbons (Fsp3) is 0.591. The van der Waals surface area contributed by atoms with Gasteiger partial charge in [-0.05, 0) is 39.0 Å². The second-order valence-corrected chi connectivity index (χ2v) is 8.95. The molecule has 0 radical (unpaired) electrons. The maximum absolute atomic E-state index is 12.7. The van der Waals surface area contributed by atoms with Gasteiger partial charge in [0.1, 0.15) is 17.5 Å². The van der Waals surface area contributed by atoms with Gasteiger partial charge in [0.2, 0.25) is 11.8 Å². The van der Waals surface area contributed by atoms with Crippen molar-refractivity contribution in [2.75, 3.05) is 32.5 Å². The maximum atomic E-state index is 12.7. The Bertz CT molecular complexity index is 802. The molecule has 0 saturated heterocycles. The number of fused-ring (bicyclic) bond motifs is 1. The molecule has 0 unspecified atom stereocenters. The molecular formula is C22H33N3O5. The molecule has 30 heavy (non-hydrogen) atoms. The molecule has 166 valence electrons.